The van der Waals surface area contributed by atoms with Gasteiger partial charge in [0, 0.05) is 16.5 Å². The molecule has 2 aromatic heterocycles. The molecule has 0 aliphatic rings. The van der Waals surface area contributed by atoms with Crippen molar-refractivity contribution in [2.24, 2.45) is 0 Å². The summed E-state index contributed by atoms with van der Waals surface area (Å²) in [7, 11) is 0. The minimum Gasteiger partial charge on any atom is -0.455 e. The van der Waals surface area contributed by atoms with Gasteiger partial charge in [0.1, 0.15) is 5.01 Å². The van der Waals surface area contributed by atoms with Crippen LogP contribution < -0.4 is 0 Å². The number of nitrogens with zero attached hydrogens (tertiary/aromatic N) is 3. The maximum absolute atomic E-state index is 12.1. The van der Waals surface area contributed by atoms with Crippen molar-refractivity contribution < 1.29 is 13.9 Å². The number of esters is 1. The number of benzene rings is 2. The summed E-state index contributed by atoms with van der Waals surface area (Å²) in [5.74, 6) is 0.264. The lowest BCUT2D eigenvalue weighted by Gasteiger charge is -2.00. The predicted molar refractivity (Wildman–Crippen MR) is 106 cm³/mol. The van der Waals surface area contributed by atoms with Gasteiger partial charge in [0.25, 0.3) is 5.89 Å². The molecule has 0 N–H and O–H groups in total. The molecule has 0 saturated heterocycles. The Morgan fingerprint density at radius 3 is 2.61 bits per heavy atom. The molecule has 7 heteroatoms. The van der Waals surface area contributed by atoms with Gasteiger partial charge in [-0.3, -0.25) is 4.79 Å². The number of aryl methyl sites for hydroxylation is 1. The molecule has 4 rings (SSSR count). The fourth-order valence-corrected chi connectivity index (χ4v) is 3.39. The summed E-state index contributed by atoms with van der Waals surface area (Å²) in [6, 6.07) is 17.6. The van der Waals surface area contributed by atoms with Crippen molar-refractivity contribution in [3.8, 4) is 22.0 Å². The highest BCUT2D eigenvalue weighted by Crippen LogP contribution is 2.24. The van der Waals surface area contributed by atoms with Crippen LogP contribution in [0.3, 0.4) is 0 Å². The van der Waals surface area contributed by atoms with E-state index in [9.17, 15) is 4.79 Å². The van der Waals surface area contributed by atoms with E-state index in [1.807, 2.05) is 66.9 Å². The topological polar surface area (TPSA) is 78.1 Å². The Bertz CT molecular complexity index is 1070. The Morgan fingerprint density at radius 2 is 1.82 bits per heavy atom. The van der Waals surface area contributed by atoms with Crippen LogP contribution in [0.2, 0.25) is 0 Å². The lowest BCUT2D eigenvalue weighted by Crippen LogP contribution is -2.08. The van der Waals surface area contributed by atoms with Crippen LogP contribution in [0.4, 0.5) is 0 Å². The summed E-state index contributed by atoms with van der Waals surface area (Å²) in [5, 5.41) is 10.6. The van der Waals surface area contributed by atoms with Crippen molar-refractivity contribution in [2.75, 3.05) is 0 Å². The lowest BCUT2D eigenvalue weighted by atomic mass is 10.2. The molecule has 2 aromatic carbocycles. The second-order valence-corrected chi connectivity index (χ2v) is 7.07. The van der Waals surface area contributed by atoms with E-state index in [-0.39, 0.29) is 24.9 Å². The van der Waals surface area contributed by atoms with Crippen LogP contribution in [0.25, 0.3) is 22.0 Å². The summed E-state index contributed by atoms with van der Waals surface area (Å²) in [4.78, 5) is 16.6. The van der Waals surface area contributed by atoms with Crippen LogP contribution >= 0.6 is 11.3 Å². The molecule has 0 unspecified atom stereocenters. The molecule has 0 fully saturated rings. The van der Waals surface area contributed by atoms with Gasteiger partial charge in [-0.05, 0) is 19.1 Å². The van der Waals surface area contributed by atoms with Crippen molar-refractivity contribution >= 4 is 17.3 Å². The van der Waals surface area contributed by atoms with Crippen LogP contribution in [-0.2, 0) is 22.6 Å². The highest BCUT2D eigenvalue weighted by atomic mass is 32.1. The first-order chi connectivity index (χ1) is 13.7. The van der Waals surface area contributed by atoms with Gasteiger partial charge in [-0.1, -0.05) is 48.0 Å². The maximum Gasteiger partial charge on any atom is 0.312 e. The van der Waals surface area contributed by atoms with E-state index in [0.717, 1.165) is 16.1 Å². The smallest absolute Gasteiger partial charge is 0.312 e. The minimum absolute atomic E-state index is 0.0619. The Kier molecular flexibility index (Phi) is 5.25. The monoisotopic (exact) mass is 391 g/mol. The van der Waals surface area contributed by atoms with Gasteiger partial charge < -0.3 is 9.15 Å². The third-order valence-corrected chi connectivity index (χ3v) is 4.96. The molecule has 0 bridgehead atoms. The Hall–Kier alpha value is -3.32. The fourth-order valence-electron chi connectivity index (χ4n) is 2.57. The Morgan fingerprint density at radius 1 is 1.04 bits per heavy atom. The maximum atomic E-state index is 12.1. The van der Waals surface area contributed by atoms with Gasteiger partial charge >= 0.3 is 5.97 Å². The third-order valence-electron chi connectivity index (χ3n) is 4.02. The molecule has 140 valence electrons. The highest BCUT2D eigenvalue weighted by Gasteiger charge is 2.13. The highest BCUT2D eigenvalue weighted by molar-refractivity contribution is 7.13. The third kappa shape index (κ3) is 4.32. The van der Waals surface area contributed by atoms with Crippen molar-refractivity contribution in [2.45, 2.75) is 20.0 Å². The Labute approximate surface area is 165 Å². The summed E-state index contributed by atoms with van der Waals surface area (Å²) < 4.78 is 10.8. The quantitative estimate of drug-likeness (QED) is 0.452. The van der Waals surface area contributed by atoms with E-state index in [4.69, 9.17) is 9.15 Å². The number of aromatic nitrogens is 3. The molecular formula is C21H17N3O3S. The second kappa shape index (κ2) is 8.14. The van der Waals surface area contributed by atoms with Gasteiger partial charge in [-0.15, -0.1) is 21.5 Å². The van der Waals surface area contributed by atoms with Gasteiger partial charge in [-0.2, -0.15) is 0 Å². The zero-order valence-corrected chi connectivity index (χ0v) is 16.0. The molecule has 0 aliphatic carbocycles. The number of thiazole rings is 1. The van der Waals surface area contributed by atoms with Crippen LogP contribution in [0.15, 0.2) is 64.4 Å². The molecule has 4 aromatic rings. The lowest BCUT2D eigenvalue weighted by molar-refractivity contribution is -0.144. The normalized spacial score (nSPS) is 10.8. The van der Waals surface area contributed by atoms with Crippen molar-refractivity contribution in [3.63, 3.8) is 0 Å². The summed E-state index contributed by atoms with van der Waals surface area (Å²) >= 11 is 1.51. The molecule has 2 heterocycles. The molecule has 0 saturated carbocycles. The van der Waals surface area contributed by atoms with Crippen LogP contribution in [0.1, 0.15) is 17.1 Å². The van der Waals surface area contributed by atoms with E-state index in [1.54, 1.807) is 0 Å². The van der Waals surface area contributed by atoms with Crippen LogP contribution in [0.5, 0.6) is 0 Å². The zero-order valence-electron chi connectivity index (χ0n) is 15.2. The number of rotatable bonds is 6. The molecule has 28 heavy (non-hydrogen) atoms. The molecule has 6 nitrogen and oxygen atoms in total. The second-order valence-electron chi connectivity index (χ2n) is 6.21. The minimum atomic E-state index is -0.389. The van der Waals surface area contributed by atoms with Crippen LogP contribution in [-0.4, -0.2) is 21.2 Å². The first kappa shape index (κ1) is 18.1. The average Bonchev–Trinajstić information content (AvgIpc) is 3.37. The van der Waals surface area contributed by atoms with Gasteiger partial charge in [0.05, 0.1) is 12.1 Å². The largest absolute Gasteiger partial charge is 0.455 e. The first-order valence-electron chi connectivity index (χ1n) is 8.72. The van der Waals surface area contributed by atoms with Crippen molar-refractivity contribution in [1.82, 2.24) is 15.2 Å². The number of hydrogen-bond donors (Lipinski definition) is 0. The average molecular weight is 391 g/mol. The standard InChI is InChI=1S/C21H17N3O3S/c1-14-7-9-16(10-8-14)21-22-17(13-28-21)11-19(25)26-12-18-23-24-20(27-18)15-5-3-2-4-6-15/h2-10,13H,11-12H2,1H3. The van der Waals surface area contributed by atoms with Crippen molar-refractivity contribution in [1.29, 1.82) is 0 Å². The molecule has 0 atom stereocenters. The zero-order chi connectivity index (χ0) is 19.3. The molecule has 0 aliphatic heterocycles. The molecular weight excluding hydrogens is 374 g/mol. The molecule has 0 amide bonds. The fraction of sp³-hybridized carbons (Fsp3) is 0.143. The predicted octanol–water partition coefficient (Wildman–Crippen LogP) is 4.45. The van der Waals surface area contributed by atoms with E-state index in [1.165, 1.54) is 16.9 Å². The number of ether oxygens (including phenoxy) is 1. The summed E-state index contributed by atoms with van der Waals surface area (Å²) in [6.07, 6.45) is 0.0992. The number of hydrogen-bond acceptors (Lipinski definition) is 7. The van der Waals surface area contributed by atoms with E-state index >= 15 is 0 Å². The summed E-state index contributed by atoms with van der Waals surface area (Å²) in [6.45, 7) is 1.98. The van der Waals surface area contributed by atoms with E-state index < -0.39 is 0 Å². The van der Waals surface area contributed by atoms with E-state index in [2.05, 4.69) is 15.2 Å². The van der Waals surface area contributed by atoms with Gasteiger partial charge in [-0.25, -0.2) is 4.98 Å². The van der Waals surface area contributed by atoms with Crippen molar-refractivity contribution in [3.05, 3.63) is 77.1 Å². The van der Waals surface area contributed by atoms with Crippen LogP contribution in [0, 0.1) is 6.92 Å². The number of carbonyl (C=O) groups is 1. The Balaban J connectivity index is 1.33. The van der Waals surface area contributed by atoms with E-state index in [0.29, 0.717) is 11.6 Å². The number of carbonyl (C=O) groups excluding carboxylic acids is 1. The van der Waals surface area contributed by atoms with Gasteiger partial charge in [0.2, 0.25) is 5.89 Å². The first-order valence-corrected chi connectivity index (χ1v) is 9.60. The molecule has 0 radical (unpaired) electrons. The summed E-state index contributed by atoms with van der Waals surface area (Å²) in [5.41, 5.74) is 3.73. The SMILES string of the molecule is Cc1ccc(-c2nc(CC(=O)OCc3nnc(-c4ccccc4)o3)cs2)cc1. The van der Waals surface area contributed by atoms with Gasteiger partial charge in [0.15, 0.2) is 6.61 Å². The molecule has 0 spiro atoms.